The second kappa shape index (κ2) is 4.51. The average Bonchev–Trinajstić information content (AvgIpc) is 2.58. The van der Waals surface area contributed by atoms with E-state index in [1.807, 2.05) is 0 Å². The molecule has 0 radical (unpaired) electrons. The Kier molecular flexibility index (Phi) is 3.18. The Hall–Kier alpha value is -1.73. The fourth-order valence-electron chi connectivity index (χ4n) is 1.91. The van der Waals surface area contributed by atoms with Crippen LogP contribution in [0.4, 0.5) is 5.69 Å². The molecule has 6 nitrogen and oxygen atoms in total. The Balaban J connectivity index is 2.51. The van der Waals surface area contributed by atoms with Crippen LogP contribution in [0.1, 0.15) is 18.4 Å². The summed E-state index contributed by atoms with van der Waals surface area (Å²) in [7, 11) is -3.49. The number of nitrogens with zero attached hydrogens (tertiary/aromatic N) is 1. The van der Waals surface area contributed by atoms with Gasteiger partial charge in [-0.05, 0) is 24.5 Å². The van der Waals surface area contributed by atoms with Gasteiger partial charge in [-0.2, -0.15) is 0 Å². The molecule has 0 amide bonds. The van der Waals surface area contributed by atoms with Gasteiger partial charge in [-0.1, -0.05) is 0 Å². The molecule has 2 rings (SSSR count). The van der Waals surface area contributed by atoms with Crippen LogP contribution in [-0.2, 0) is 9.84 Å². The monoisotopic (exact) mass is 269 g/mol. The fourth-order valence-corrected chi connectivity index (χ4v) is 3.41. The highest BCUT2D eigenvalue weighted by atomic mass is 32.2. The Morgan fingerprint density at radius 2 is 2.06 bits per heavy atom. The zero-order valence-electron chi connectivity index (χ0n) is 9.37. The molecule has 96 valence electrons. The number of hydrogen-bond acceptors (Lipinski definition) is 5. The van der Waals surface area contributed by atoms with E-state index in [0.29, 0.717) is 24.0 Å². The predicted molar refractivity (Wildman–Crippen MR) is 64.6 cm³/mol. The van der Waals surface area contributed by atoms with Crippen LogP contribution in [0.25, 0.3) is 5.57 Å². The lowest BCUT2D eigenvalue weighted by Crippen LogP contribution is -1.95. The van der Waals surface area contributed by atoms with Crippen LogP contribution in [0.2, 0.25) is 0 Å². The number of hydrogen-bond donors (Lipinski definition) is 1. The Morgan fingerprint density at radius 3 is 2.67 bits per heavy atom. The summed E-state index contributed by atoms with van der Waals surface area (Å²) in [6, 6.07) is 3.70. The fraction of sp³-hybridized carbons (Fsp3) is 0.273. The van der Waals surface area contributed by atoms with Crippen LogP contribution in [0.3, 0.4) is 0 Å². The number of aliphatic hydroxyl groups is 1. The Labute approximate surface area is 104 Å². The van der Waals surface area contributed by atoms with Crippen molar-refractivity contribution in [1.29, 1.82) is 0 Å². The van der Waals surface area contributed by atoms with Gasteiger partial charge in [0.2, 0.25) is 9.84 Å². The summed E-state index contributed by atoms with van der Waals surface area (Å²) in [4.78, 5) is 10.2. The number of rotatable bonds is 4. The first kappa shape index (κ1) is 12.7. The molecular formula is C11H11NO5S. The summed E-state index contributed by atoms with van der Waals surface area (Å²) in [6.45, 7) is -0.0539. The van der Waals surface area contributed by atoms with Gasteiger partial charge in [0, 0.05) is 29.7 Å². The second-order valence-electron chi connectivity index (χ2n) is 3.95. The van der Waals surface area contributed by atoms with Crippen LogP contribution >= 0.6 is 0 Å². The zero-order chi connectivity index (χ0) is 13.3. The van der Waals surface area contributed by atoms with E-state index < -0.39 is 14.8 Å². The molecule has 1 aliphatic heterocycles. The van der Waals surface area contributed by atoms with E-state index in [0.717, 1.165) is 5.41 Å². The topological polar surface area (TPSA) is 97.5 Å². The summed E-state index contributed by atoms with van der Waals surface area (Å²) >= 11 is 0. The highest BCUT2D eigenvalue weighted by molar-refractivity contribution is 7.95. The molecule has 1 aliphatic rings. The number of non-ortho nitro benzene ring substituents is 1. The first-order valence-corrected chi connectivity index (χ1v) is 6.85. The molecule has 0 saturated heterocycles. The summed E-state index contributed by atoms with van der Waals surface area (Å²) in [5.41, 5.74) is 0.751. The zero-order valence-corrected chi connectivity index (χ0v) is 10.2. The molecule has 0 unspecified atom stereocenters. The molecule has 0 saturated carbocycles. The summed E-state index contributed by atoms with van der Waals surface area (Å²) < 4.78 is 23.6. The first-order valence-electron chi connectivity index (χ1n) is 5.31. The molecule has 0 atom stereocenters. The number of aliphatic hydroxyl groups excluding tert-OH is 1. The van der Waals surface area contributed by atoms with E-state index in [9.17, 15) is 18.5 Å². The van der Waals surface area contributed by atoms with E-state index in [1.54, 1.807) is 0 Å². The molecule has 7 heteroatoms. The highest BCUT2D eigenvalue weighted by Crippen LogP contribution is 2.37. The molecule has 1 N–H and O–H groups in total. The van der Waals surface area contributed by atoms with Crippen molar-refractivity contribution in [3.63, 3.8) is 0 Å². The van der Waals surface area contributed by atoms with Crippen molar-refractivity contribution < 1.29 is 18.4 Å². The maximum absolute atomic E-state index is 11.8. The molecule has 0 bridgehead atoms. The number of nitro benzene ring substituents is 1. The quantitative estimate of drug-likeness (QED) is 0.659. The lowest BCUT2D eigenvalue weighted by molar-refractivity contribution is -0.384. The average molecular weight is 269 g/mol. The number of allylic oxidation sites excluding steroid dienone is 1. The van der Waals surface area contributed by atoms with Gasteiger partial charge in [-0.25, -0.2) is 8.42 Å². The third-order valence-electron chi connectivity index (χ3n) is 2.73. The van der Waals surface area contributed by atoms with Crippen LogP contribution in [0.5, 0.6) is 0 Å². The van der Waals surface area contributed by atoms with E-state index in [-0.39, 0.29) is 17.2 Å². The normalized spacial score (nSPS) is 16.2. The maximum atomic E-state index is 11.8. The standard InChI is InChI=1S/C11H11NO5S/c13-5-1-2-8-7-18(16,17)11-4-3-9(12(14)15)6-10(8)11/h3-4,6-7,13H,1-2,5H2. The summed E-state index contributed by atoms with van der Waals surface area (Å²) in [5, 5.41) is 20.6. The van der Waals surface area contributed by atoms with Crippen LogP contribution in [0.15, 0.2) is 28.5 Å². The lowest BCUT2D eigenvalue weighted by atomic mass is 10.0. The smallest absolute Gasteiger partial charge is 0.270 e. The van der Waals surface area contributed by atoms with E-state index in [1.165, 1.54) is 18.2 Å². The number of nitro groups is 1. The SMILES string of the molecule is O=[N+]([O-])c1ccc2c(c1)C(CCCO)=CS2(=O)=O. The molecule has 0 aromatic heterocycles. The number of benzene rings is 1. The highest BCUT2D eigenvalue weighted by Gasteiger charge is 2.28. The van der Waals surface area contributed by atoms with Crippen molar-refractivity contribution in [3.05, 3.63) is 39.3 Å². The van der Waals surface area contributed by atoms with Crippen molar-refractivity contribution in [2.24, 2.45) is 0 Å². The van der Waals surface area contributed by atoms with Gasteiger partial charge in [0.15, 0.2) is 0 Å². The minimum atomic E-state index is -3.49. The minimum absolute atomic E-state index is 0.0539. The molecule has 0 fully saturated rings. The van der Waals surface area contributed by atoms with E-state index in [2.05, 4.69) is 0 Å². The predicted octanol–water partition coefficient (Wildman–Crippen LogP) is 1.50. The van der Waals surface area contributed by atoms with Gasteiger partial charge >= 0.3 is 0 Å². The van der Waals surface area contributed by atoms with E-state index >= 15 is 0 Å². The third-order valence-corrected chi connectivity index (χ3v) is 4.29. The van der Waals surface area contributed by atoms with Gasteiger partial charge < -0.3 is 5.11 Å². The van der Waals surface area contributed by atoms with Crippen LogP contribution in [0, 0.1) is 10.1 Å². The van der Waals surface area contributed by atoms with Gasteiger partial charge in [0.1, 0.15) is 0 Å². The molecule has 1 aromatic rings. The lowest BCUT2D eigenvalue weighted by Gasteiger charge is -2.03. The van der Waals surface area contributed by atoms with Crippen molar-refractivity contribution in [1.82, 2.24) is 0 Å². The van der Waals surface area contributed by atoms with Gasteiger partial charge in [0.25, 0.3) is 5.69 Å². The molecule has 0 spiro atoms. The molecule has 1 aromatic carbocycles. The largest absolute Gasteiger partial charge is 0.396 e. The Morgan fingerprint density at radius 1 is 1.33 bits per heavy atom. The van der Waals surface area contributed by atoms with Gasteiger partial charge in [-0.3, -0.25) is 10.1 Å². The summed E-state index contributed by atoms with van der Waals surface area (Å²) in [5.74, 6) is 0. The number of fused-ring (bicyclic) bond motifs is 1. The van der Waals surface area contributed by atoms with Crippen LogP contribution in [-0.4, -0.2) is 25.1 Å². The Bertz CT molecular complexity index is 633. The van der Waals surface area contributed by atoms with Crippen molar-refractivity contribution in [2.45, 2.75) is 17.7 Å². The van der Waals surface area contributed by atoms with Crippen LogP contribution < -0.4 is 0 Å². The molecular weight excluding hydrogens is 258 g/mol. The first-order chi connectivity index (χ1) is 8.45. The maximum Gasteiger partial charge on any atom is 0.270 e. The molecule has 18 heavy (non-hydrogen) atoms. The van der Waals surface area contributed by atoms with Crippen molar-refractivity contribution >= 4 is 21.1 Å². The molecule has 1 heterocycles. The van der Waals surface area contributed by atoms with E-state index in [4.69, 9.17) is 5.11 Å². The van der Waals surface area contributed by atoms with Gasteiger partial charge in [-0.15, -0.1) is 0 Å². The third kappa shape index (κ3) is 2.14. The number of sulfone groups is 1. The van der Waals surface area contributed by atoms with Gasteiger partial charge in [0.05, 0.1) is 9.82 Å². The van der Waals surface area contributed by atoms with Crippen molar-refractivity contribution in [3.8, 4) is 0 Å². The molecule has 0 aliphatic carbocycles. The minimum Gasteiger partial charge on any atom is -0.396 e. The summed E-state index contributed by atoms with van der Waals surface area (Å²) in [6.07, 6.45) is 0.799. The van der Waals surface area contributed by atoms with Crippen molar-refractivity contribution in [2.75, 3.05) is 6.61 Å². The second-order valence-corrected chi connectivity index (χ2v) is 5.72.